The molecular weight excluding hydrogens is 238 g/mol. The zero-order valence-corrected chi connectivity index (χ0v) is 9.66. The Morgan fingerprint density at radius 1 is 1.56 bits per heavy atom. The number of nitroso groups, excluding NO2 is 1. The SMILES string of the molecule is CCOC(=O)c1nc2ccc(CO)cn2c1N=O. The first-order valence-electron chi connectivity index (χ1n) is 5.33. The molecule has 0 fully saturated rings. The molecule has 0 unspecified atom stereocenters. The zero-order valence-electron chi connectivity index (χ0n) is 9.66. The van der Waals surface area contributed by atoms with Gasteiger partial charge in [0.05, 0.1) is 13.2 Å². The second kappa shape index (κ2) is 4.92. The van der Waals surface area contributed by atoms with Crippen LogP contribution in [0.1, 0.15) is 23.0 Å². The van der Waals surface area contributed by atoms with Gasteiger partial charge in [-0.3, -0.25) is 4.40 Å². The van der Waals surface area contributed by atoms with Crippen LogP contribution in [0, 0.1) is 4.91 Å². The fourth-order valence-electron chi connectivity index (χ4n) is 1.59. The van der Waals surface area contributed by atoms with E-state index in [4.69, 9.17) is 9.84 Å². The van der Waals surface area contributed by atoms with Gasteiger partial charge in [0.1, 0.15) is 5.65 Å². The first-order chi connectivity index (χ1) is 8.71. The molecule has 2 aromatic heterocycles. The van der Waals surface area contributed by atoms with Crippen LogP contribution < -0.4 is 0 Å². The number of nitrogens with zero attached hydrogens (tertiary/aromatic N) is 3. The van der Waals surface area contributed by atoms with E-state index < -0.39 is 5.97 Å². The summed E-state index contributed by atoms with van der Waals surface area (Å²) in [5.41, 5.74) is 0.854. The molecular formula is C11H11N3O4. The Kier molecular flexibility index (Phi) is 3.33. The van der Waals surface area contributed by atoms with Crippen LogP contribution in [0.5, 0.6) is 0 Å². The molecule has 0 saturated carbocycles. The average molecular weight is 249 g/mol. The topological polar surface area (TPSA) is 93.3 Å². The Labute approximate surface area is 102 Å². The number of rotatable bonds is 4. The van der Waals surface area contributed by atoms with Gasteiger partial charge >= 0.3 is 5.97 Å². The largest absolute Gasteiger partial charge is 0.461 e. The minimum Gasteiger partial charge on any atom is -0.461 e. The molecule has 0 atom stereocenters. The second-order valence-electron chi connectivity index (χ2n) is 3.52. The minimum absolute atomic E-state index is 0.123. The van der Waals surface area contributed by atoms with Crippen LogP contribution >= 0.6 is 0 Å². The lowest BCUT2D eigenvalue weighted by Gasteiger charge is -1.99. The van der Waals surface area contributed by atoms with Crippen molar-refractivity contribution in [1.82, 2.24) is 9.38 Å². The molecule has 0 bridgehead atoms. The maximum Gasteiger partial charge on any atom is 0.361 e. The van der Waals surface area contributed by atoms with Crippen molar-refractivity contribution in [2.45, 2.75) is 13.5 Å². The Hall–Kier alpha value is -2.28. The summed E-state index contributed by atoms with van der Waals surface area (Å²) in [5, 5.41) is 11.8. The number of fused-ring (bicyclic) bond motifs is 1. The molecule has 0 amide bonds. The van der Waals surface area contributed by atoms with Crippen molar-refractivity contribution < 1.29 is 14.6 Å². The number of esters is 1. The maximum absolute atomic E-state index is 11.6. The van der Waals surface area contributed by atoms with Gasteiger partial charge in [-0.15, -0.1) is 4.91 Å². The van der Waals surface area contributed by atoms with Gasteiger partial charge in [-0.25, -0.2) is 9.78 Å². The number of aliphatic hydroxyl groups is 1. The number of carbonyl (C=O) groups excluding carboxylic acids is 1. The Morgan fingerprint density at radius 2 is 2.33 bits per heavy atom. The average Bonchev–Trinajstić information content (AvgIpc) is 2.76. The second-order valence-corrected chi connectivity index (χ2v) is 3.52. The van der Waals surface area contributed by atoms with Crippen molar-refractivity contribution in [3.05, 3.63) is 34.5 Å². The summed E-state index contributed by atoms with van der Waals surface area (Å²) in [6, 6.07) is 3.23. The molecule has 0 aliphatic heterocycles. The lowest BCUT2D eigenvalue weighted by molar-refractivity contribution is 0.0521. The number of hydrogen-bond acceptors (Lipinski definition) is 6. The predicted octanol–water partition coefficient (Wildman–Crippen LogP) is 1.40. The molecule has 7 nitrogen and oxygen atoms in total. The van der Waals surface area contributed by atoms with Gasteiger partial charge in [-0.05, 0) is 23.7 Å². The molecule has 2 heterocycles. The lowest BCUT2D eigenvalue weighted by Crippen LogP contribution is -2.05. The molecule has 0 spiro atoms. The van der Waals surface area contributed by atoms with E-state index in [1.807, 2.05) is 0 Å². The normalized spacial score (nSPS) is 10.6. The number of imidazole rings is 1. The molecule has 1 N–H and O–H groups in total. The van der Waals surface area contributed by atoms with E-state index in [0.29, 0.717) is 11.2 Å². The first kappa shape index (κ1) is 12.2. The van der Waals surface area contributed by atoms with Crippen LogP contribution in [0.25, 0.3) is 5.65 Å². The van der Waals surface area contributed by atoms with Crippen molar-refractivity contribution in [3.63, 3.8) is 0 Å². The number of aromatic nitrogens is 2. The molecule has 0 saturated heterocycles. The fraction of sp³-hybridized carbons (Fsp3) is 0.273. The highest BCUT2D eigenvalue weighted by molar-refractivity contribution is 5.93. The van der Waals surface area contributed by atoms with Crippen LogP contribution in [0.15, 0.2) is 23.5 Å². The summed E-state index contributed by atoms with van der Waals surface area (Å²) in [6.45, 7) is 1.67. The lowest BCUT2D eigenvalue weighted by atomic mass is 10.3. The summed E-state index contributed by atoms with van der Waals surface area (Å²) >= 11 is 0. The van der Waals surface area contributed by atoms with Crippen LogP contribution in [0.2, 0.25) is 0 Å². The van der Waals surface area contributed by atoms with Crippen molar-refractivity contribution in [2.75, 3.05) is 6.61 Å². The highest BCUT2D eigenvalue weighted by Crippen LogP contribution is 2.22. The molecule has 2 rings (SSSR count). The molecule has 0 aliphatic rings. The van der Waals surface area contributed by atoms with Gasteiger partial charge in [0, 0.05) is 6.20 Å². The van der Waals surface area contributed by atoms with Crippen LogP contribution in [0.3, 0.4) is 0 Å². The molecule has 2 aromatic rings. The number of aliphatic hydroxyl groups excluding tert-OH is 1. The smallest absolute Gasteiger partial charge is 0.361 e. The van der Waals surface area contributed by atoms with E-state index in [9.17, 15) is 9.70 Å². The van der Waals surface area contributed by atoms with Crippen molar-refractivity contribution in [2.24, 2.45) is 5.18 Å². The summed E-state index contributed by atoms with van der Waals surface area (Å²) in [5.74, 6) is -0.819. The molecule has 0 radical (unpaired) electrons. The van der Waals surface area contributed by atoms with E-state index in [-0.39, 0.29) is 24.7 Å². The Morgan fingerprint density at radius 3 is 2.94 bits per heavy atom. The third-order valence-corrected chi connectivity index (χ3v) is 2.39. The maximum atomic E-state index is 11.6. The minimum atomic E-state index is -0.693. The highest BCUT2D eigenvalue weighted by atomic mass is 16.5. The van der Waals surface area contributed by atoms with E-state index in [1.54, 1.807) is 19.1 Å². The Balaban J connectivity index is 2.61. The summed E-state index contributed by atoms with van der Waals surface area (Å²) < 4.78 is 6.15. The van der Waals surface area contributed by atoms with Crippen molar-refractivity contribution >= 4 is 17.4 Å². The van der Waals surface area contributed by atoms with E-state index in [2.05, 4.69) is 10.2 Å². The Bertz CT molecular complexity index is 606. The molecule has 7 heteroatoms. The number of hydrogen-bond donors (Lipinski definition) is 1. The standard InChI is InChI=1S/C11H11N3O4/c1-2-18-11(16)9-10(13-17)14-5-7(6-15)3-4-8(14)12-9/h3-5,15H,2,6H2,1H3. The summed E-state index contributed by atoms with van der Waals surface area (Å²) in [4.78, 5) is 26.4. The van der Waals surface area contributed by atoms with Crippen LogP contribution in [-0.4, -0.2) is 27.1 Å². The number of ether oxygens (including phenoxy) is 1. The summed E-state index contributed by atoms with van der Waals surface area (Å²) in [7, 11) is 0. The van der Waals surface area contributed by atoms with Gasteiger partial charge in [-0.1, -0.05) is 6.07 Å². The molecule has 0 aliphatic carbocycles. The highest BCUT2D eigenvalue weighted by Gasteiger charge is 2.21. The van der Waals surface area contributed by atoms with Crippen molar-refractivity contribution in [1.29, 1.82) is 0 Å². The van der Waals surface area contributed by atoms with Crippen LogP contribution in [0.4, 0.5) is 5.82 Å². The zero-order chi connectivity index (χ0) is 13.1. The predicted molar refractivity (Wildman–Crippen MR) is 62.5 cm³/mol. The third kappa shape index (κ3) is 1.95. The van der Waals surface area contributed by atoms with Gasteiger partial charge in [0.25, 0.3) is 0 Å². The number of carbonyl (C=O) groups is 1. The van der Waals surface area contributed by atoms with E-state index in [0.717, 1.165) is 0 Å². The molecule has 18 heavy (non-hydrogen) atoms. The first-order valence-corrected chi connectivity index (χ1v) is 5.33. The van der Waals surface area contributed by atoms with E-state index >= 15 is 0 Å². The number of pyridine rings is 1. The van der Waals surface area contributed by atoms with Gasteiger partial charge < -0.3 is 9.84 Å². The van der Waals surface area contributed by atoms with Gasteiger partial charge in [0.15, 0.2) is 5.69 Å². The van der Waals surface area contributed by atoms with Crippen LogP contribution in [-0.2, 0) is 11.3 Å². The van der Waals surface area contributed by atoms with Crippen molar-refractivity contribution in [3.8, 4) is 0 Å². The summed E-state index contributed by atoms with van der Waals surface area (Å²) in [6.07, 6.45) is 1.50. The van der Waals surface area contributed by atoms with Gasteiger partial charge in [-0.2, -0.15) is 0 Å². The molecule has 0 aromatic carbocycles. The monoisotopic (exact) mass is 249 g/mol. The van der Waals surface area contributed by atoms with Gasteiger partial charge in [0.2, 0.25) is 5.82 Å². The quantitative estimate of drug-likeness (QED) is 0.653. The fourth-order valence-corrected chi connectivity index (χ4v) is 1.59. The van der Waals surface area contributed by atoms with E-state index in [1.165, 1.54) is 10.6 Å². The molecule has 94 valence electrons. The third-order valence-electron chi connectivity index (χ3n) is 2.39.